The maximum Gasteiger partial charge on any atom is 0.320 e. The molecule has 0 amide bonds. The van der Waals surface area contributed by atoms with Crippen molar-refractivity contribution in [2.24, 2.45) is 5.92 Å². The number of rotatable bonds is 2. The molecule has 1 saturated carbocycles. The van der Waals surface area contributed by atoms with E-state index in [1.165, 1.54) is 32.8 Å². The van der Waals surface area contributed by atoms with Crippen molar-refractivity contribution in [2.75, 3.05) is 26.0 Å². The summed E-state index contributed by atoms with van der Waals surface area (Å²) in [5, 5.41) is 4.20. The molecule has 1 saturated heterocycles. The number of thiocarbonyl (C=S) groups is 1. The first kappa shape index (κ1) is 15.9. The first-order valence-electron chi connectivity index (χ1n) is 7.36. The minimum atomic E-state index is -0.145. The Hall–Kier alpha value is -0.490. The monoisotopic (exact) mass is 316 g/mol. The van der Waals surface area contributed by atoms with Gasteiger partial charge in [-0.25, -0.2) is 0 Å². The van der Waals surface area contributed by atoms with Crippen molar-refractivity contribution in [2.45, 2.75) is 43.9 Å². The molecule has 0 bridgehead atoms. The van der Waals surface area contributed by atoms with Crippen molar-refractivity contribution < 1.29 is 9.53 Å². The van der Waals surface area contributed by atoms with Gasteiger partial charge in [0.15, 0.2) is 5.11 Å². The quantitative estimate of drug-likeness (QED) is 0.621. The number of hydrogen-bond acceptors (Lipinski definition) is 4. The van der Waals surface area contributed by atoms with Crippen molar-refractivity contribution in [1.82, 2.24) is 10.2 Å². The summed E-state index contributed by atoms with van der Waals surface area (Å²) in [5.74, 6) is 1.45. The van der Waals surface area contributed by atoms with E-state index in [1.54, 1.807) is 11.8 Å². The topological polar surface area (TPSA) is 41.6 Å². The predicted octanol–water partition coefficient (Wildman–Crippen LogP) is 2.03. The Balaban J connectivity index is 1.86. The summed E-state index contributed by atoms with van der Waals surface area (Å²) < 4.78 is 4.83. The van der Waals surface area contributed by atoms with Crippen molar-refractivity contribution in [3.05, 3.63) is 0 Å². The number of hydrogen-bond donors (Lipinski definition) is 1. The van der Waals surface area contributed by atoms with E-state index >= 15 is 0 Å². The number of carbonyl (C=O) groups excluding carboxylic acids is 1. The van der Waals surface area contributed by atoms with E-state index in [0.29, 0.717) is 18.5 Å². The van der Waals surface area contributed by atoms with Gasteiger partial charge >= 0.3 is 5.97 Å². The zero-order valence-corrected chi connectivity index (χ0v) is 13.9. The van der Waals surface area contributed by atoms with Crippen LogP contribution in [0.3, 0.4) is 0 Å². The van der Waals surface area contributed by atoms with Gasteiger partial charge in [0.1, 0.15) is 5.25 Å². The van der Waals surface area contributed by atoms with E-state index < -0.39 is 0 Å². The molecule has 2 aliphatic rings. The van der Waals surface area contributed by atoms with Gasteiger partial charge in [-0.15, -0.1) is 11.8 Å². The fourth-order valence-corrected chi connectivity index (χ4v) is 4.33. The van der Waals surface area contributed by atoms with Gasteiger partial charge < -0.3 is 15.0 Å². The van der Waals surface area contributed by atoms with Crippen LogP contribution in [0.25, 0.3) is 0 Å². The molecule has 0 spiro atoms. The summed E-state index contributed by atoms with van der Waals surface area (Å²) in [5.41, 5.74) is 0. The standard InChI is InChI=1S/C14H24N2O2S2/c1-10-5-3-4-6-11(10)15-14(19)16-7-8-20-12(9-16)13(17)18-2/h10-12H,3-9H2,1-2H3,(H,15,19)/t10-,11-,12-/m0/s1. The van der Waals surface area contributed by atoms with Gasteiger partial charge in [-0.1, -0.05) is 19.8 Å². The lowest BCUT2D eigenvalue weighted by Gasteiger charge is -2.37. The van der Waals surface area contributed by atoms with Crippen molar-refractivity contribution in [3.63, 3.8) is 0 Å². The number of nitrogens with zero attached hydrogens (tertiary/aromatic N) is 1. The number of nitrogens with one attached hydrogen (secondary N) is 1. The minimum Gasteiger partial charge on any atom is -0.468 e. The first-order valence-corrected chi connectivity index (χ1v) is 8.82. The van der Waals surface area contributed by atoms with Crippen LogP contribution in [0.5, 0.6) is 0 Å². The van der Waals surface area contributed by atoms with Crippen LogP contribution in [0, 0.1) is 5.92 Å². The molecule has 2 fully saturated rings. The Morgan fingerprint density at radius 1 is 1.40 bits per heavy atom. The predicted molar refractivity (Wildman–Crippen MR) is 87.0 cm³/mol. The highest BCUT2D eigenvalue weighted by Gasteiger charge is 2.30. The Morgan fingerprint density at radius 3 is 2.85 bits per heavy atom. The Morgan fingerprint density at radius 2 is 2.15 bits per heavy atom. The molecule has 3 atom stereocenters. The molecule has 1 heterocycles. The molecule has 0 aromatic carbocycles. The van der Waals surface area contributed by atoms with Gasteiger partial charge in [0.2, 0.25) is 0 Å². The van der Waals surface area contributed by atoms with Crippen LogP contribution in [0.4, 0.5) is 0 Å². The molecule has 0 unspecified atom stereocenters. The van der Waals surface area contributed by atoms with E-state index in [4.69, 9.17) is 17.0 Å². The first-order chi connectivity index (χ1) is 9.61. The normalized spacial score (nSPS) is 30.7. The molecule has 0 aromatic rings. The highest BCUT2D eigenvalue weighted by atomic mass is 32.2. The third kappa shape index (κ3) is 4.01. The van der Waals surface area contributed by atoms with Gasteiger partial charge in [0.25, 0.3) is 0 Å². The number of thioether (sulfide) groups is 1. The third-order valence-electron chi connectivity index (χ3n) is 4.24. The van der Waals surface area contributed by atoms with Crippen molar-refractivity contribution in [3.8, 4) is 0 Å². The van der Waals surface area contributed by atoms with E-state index in [2.05, 4.69) is 17.1 Å². The second-order valence-corrected chi connectivity index (χ2v) is 7.34. The molecular weight excluding hydrogens is 292 g/mol. The molecule has 0 radical (unpaired) electrons. The average Bonchev–Trinajstić information content (AvgIpc) is 2.49. The zero-order valence-electron chi connectivity index (χ0n) is 12.3. The molecule has 1 N–H and O–H groups in total. The van der Waals surface area contributed by atoms with Gasteiger partial charge in [-0.05, 0) is 31.0 Å². The molecule has 6 heteroatoms. The Labute approximate surface area is 131 Å². The second kappa shape index (κ2) is 7.50. The summed E-state index contributed by atoms with van der Waals surface area (Å²) in [7, 11) is 1.45. The maximum atomic E-state index is 11.6. The lowest BCUT2D eigenvalue weighted by Crippen LogP contribution is -2.52. The molecule has 1 aliphatic carbocycles. The molecule has 114 valence electrons. The lowest BCUT2D eigenvalue weighted by molar-refractivity contribution is -0.140. The minimum absolute atomic E-state index is 0.114. The molecule has 2 rings (SSSR count). The van der Waals surface area contributed by atoms with E-state index in [9.17, 15) is 4.79 Å². The Bertz CT molecular complexity index is 365. The summed E-state index contributed by atoms with van der Waals surface area (Å²) >= 11 is 7.20. The van der Waals surface area contributed by atoms with Gasteiger partial charge in [-0.2, -0.15) is 0 Å². The lowest BCUT2D eigenvalue weighted by atomic mass is 9.86. The van der Waals surface area contributed by atoms with Crippen molar-refractivity contribution in [1.29, 1.82) is 0 Å². The molecule has 4 nitrogen and oxygen atoms in total. The SMILES string of the molecule is COC(=O)[C@@H]1CN(C(=S)N[C@H]2CCCC[C@@H]2C)CCS1. The summed E-state index contributed by atoms with van der Waals surface area (Å²) in [4.78, 5) is 13.8. The van der Waals surface area contributed by atoms with Crippen molar-refractivity contribution >= 4 is 35.1 Å². The molecular formula is C14H24N2O2S2. The van der Waals surface area contributed by atoms with Crippen LogP contribution in [-0.4, -0.2) is 53.2 Å². The van der Waals surface area contributed by atoms with Crippen LogP contribution in [0.15, 0.2) is 0 Å². The molecule has 20 heavy (non-hydrogen) atoms. The van der Waals surface area contributed by atoms with E-state index in [0.717, 1.165) is 17.4 Å². The largest absolute Gasteiger partial charge is 0.468 e. The van der Waals surface area contributed by atoms with Gasteiger partial charge in [0, 0.05) is 24.9 Å². The highest BCUT2D eigenvalue weighted by Crippen LogP contribution is 2.25. The summed E-state index contributed by atoms with van der Waals surface area (Å²) in [6, 6.07) is 0.488. The van der Waals surface area contributed by atoms with Crippen LogP contribution in [0.2, 0.25) is 0 Å². The van der Waals surface area contributed by atoms with E-state index in [-0.39, 0.29) is 11.2 Å². The van der Waals surface area contributed by atoms with Crippen LogP contribution in [0.1, 0.15) is 32.6 Å². The highest BCUT2D eigenvalue weighted by molar-refractivity contribution is 8.00. The van der Waals surface area contributed by atoms with Gasteiger partial charge in [-0.3, -0.25) is 4.79 Å². The maximum absolute atomic E-state index is 11.6. The fourth-order valence-electron chi connectivity index (χ4n) is 2.89. The van der Waals surface area contributed by atoms with Crippen LogP contribution >= 0.6 is 24.0 Å². The number of carbonyl (C=O) groups is 1. The summed E-state index contributed by atoms with van der Waals surface area (Å²) in [6.07, 6.45) is 5.09. The third-order valence-corrected chi connectivity index (χ3v) is 5.78. The van der Waals surface area contributed by atoms with Crippen LogP contribution in [-0.2, 0) is 9.53 Å². The van der Waals surface area contributed by atoms with E-state index in [1.807, 2.05) is 0 Å². The Kier molecular flexibility index (Phi) is 5.96. The fraction of sp³-hybridized carbons (Fsp3) is 0.857. The smallest absolute Gasteiger partial charge is 0.320 e. The number of ether oxygens (including phenoxy) is 1. The van der Waals surface area contributed by atoms with Crippen LogP contribution < -0.4 is 5.32 Å². The molecule has 1 aliphatic heterocycles. The number of methoxy groups -OCH3 is 1. The number of esters is 1. The van der Waals surface area contributed by atoms with Gasteiger partial charge in [0.05, 0.1) is 7.11 Å². The summed E-state index contributed by atoms with van der Waals surface area (Å²) in [6.45, 7) is 3.86. The zero-order chi connectivity index (χ0) is 14.5. The molecule has 0 aromatic heterocycles. The second-order valence-electron chi connectivity index (χ2n) is 5.65. The average molecular weight is 316 g/mol.